The number of halogens is 1. The van der Waals surface area contributed by atoms with Gasteiger partial charge in [0.15, 0.2) is 0 Å². The third-order valence-electron chi connectivity index (χ3n) is 4.11. The van der Waals surface area contributed by atoms with Gasteiger partial charge in [-0.1, -0.05) is 23.7 Å². The fraction of sp³-hybridized carbons (Fsp3) is 0.533. The predicted molar refractivity (Wildman–Crippen MR) is 76.5 cm³/mol. The fourth-order valence-corrected chi connectivity index (χ4v) is 2.83. The number of benzene rings is 1. The van der Waals surface area contributed by atoms with Gasteiger partial charge in [-0.2, -0.15) is 0 Å². The van der Waals surface area contributed by atoms with Crippen molar-refractivity contribution < 1.29 is 9.90 Å². The lowest BCUT2D eigenvalue weighted by Crippen LogP contribution is -2.54. The highest BCUT2D eigenvalue weighted by atomic mass is 35.5. The maximum Gasteiger partial charge on any atom is 0.323 e. The van der Waals surface area contributed by atoms with Gasteiger partial charge in [0, 0.05) is 11.6 Å². The molecular weight excluding hydrogens is 262 g/mol. The number of aliphatic carboxylic acids is 1. The van der Waals surface area contributed by atoms with E-state index in [0.29, 0.717) is 13.0 Å². The van der Waals surface area contributed by atoms with Crippen LogP contribution in [-0.4, -0.2) is 28.1 Å². The van der Waals surface area contributed by atoms with Gasteiger partial charge in [0.05, 0.1) is 0 Å². The SMILES string of the molecule is Cc1ccc(CN2CCCCC2(C)C(=O)O)cc1Cl. The van der Waals surface area contributed by atoms with Crippen molar-refractivity contribution in [2.24, 2.45) is 0 Å². The zero-order chi connectivity index (χ0) is 14.0. The van der Waals surface area contributed by atoms with Gasteiger partial charge in [0.1, 0.15) is 5.54 Å². The van der Waals surface area contributed by atoms with Crippen LogP contribution in [0.2, 0.25) is 5.02 Å². The quantitative estimate of drug-likeness (QED) is 0.922. The van der Waals surface area contributed by atoms with Gasteiger partial charge in [0.2, 0.25) is 0 Å². The van der Waals surface area contributed by atoms with Crippen molar-refractivity contribution in [3.8, 4) is 0 Å². The zero-order valence-electron chi connectivity index (χ0n) is 11.4. The minimum absolute atomic E-state index is 0.642. The van der Waals surface area contributed by atoms with Crippen LogP contribution in [0.4, 0.5) is 0 Å². The van der Waals surface area contributed by atoms with Crippen molar-refractivity contribution >= 4 is 17.6 Å². The summed E-state index contributed by atoms with van der Waals surface area (Å²) in [5.74, 6) is -0.731. The highest BCUT2D eigenvalue weighted by molar-refractivity contribution is 6.31. The first kappa shape index (κ1) is 14.4. The van der Waals surface area contributed by atoms with E-state index in [1.165, 1.54) is 0 Å². The maximum atomic E-state index is 11.5. The molecule has 0 aliphatic carbocycles. The smallest absolute Gasteiger partial charge is 0.323 e. The average molecular weight is 282 g/mol. The summed E-state index contributed by atoms with van der Waals surface area (Å²) < 4.78 is 0. The van der Waals surface area contributed by atoms with Gasteiger partial charge in [-0.25, -0.2) is 0 Å². The van der Waals surface area contributed by atoms with E-state index in [0.717, 1.165) is 35.5 Å². The number of nitrogens with zero attached hydrogens (tertiary/aromatic N) is 1. The molecule has 1 aromatic rings. The topological polar surface area (TPSA) is 40.5 Å². The van der Waals surface area contributed by atoms with Crippen LogP contribution in [-0.2, 0) is 11.3 Å². The maximum absolute atomic E-state index is 11.5. The summed E-state index contributed by atoms with van der Waals surface area (Å²) in [6.07, 6.45) is 2.75. The number of hydrogen-bond donors (Lipinski definition) is 1. The van der Waals surface area contributed by atoms with Crippen LogP contribution in [0.5, 0.6) is 0 Å². The molecule has 4 heteroatoms. The summed E-state index contributed by atoms with van der Waals surface area (Å²) in [5, 5.41) is 10.2. The molecule has 0 aromatic heterocycles. The number of rotatable bonds is 3. The monoisotopic (exact) mass is 281 g/mol. The summed E-state index contributed by atoms with van der Waals surface area (Å²) in [6.45, 7) is 5.26. The molecule has 1 unspecified atom stereocenters. The standard InChI is InChI=1S/C15H20ClNO2/c1-11-5-6-12(9-13(11)16)10-17-8-4-3-7-15(17,2)14(18)19/h5-6,9H,3-4,7-8,10H2,1-2H3,(H,18,19). The van der Waals surface area contributed by atoms with Gasteiger partial charge >= 0.3 is 5.97 Å². The van der Waals surface area contributed by atoms with E-state index in [-0.39, 0.29) is 0 Å². The second-order valence-electron chi connectivity index (χ2n) is 5.54. The van der Waals surface area contributed by atoms with Crippen LogP contribution in [0.3, 0.4) is 0 Å². The van der Waals surface area contributed by atoms with E-state index in [1.54, 1.807) is 0 Å². The van der Waals surface area contributed by atoms with E-state index in [9.17, 15) is 9.90 Å². The minimum atomic E-state index is -0.754. The number of carboxylic acid groups (broad SMARTS) is 1. The Hall–Kier alpha value is -1.06. The van der Waals surface area contributed by atoms with Crippen LogP contribution in [0.25, 0.3) is 0 Å². The fourth-order valence-electron chi connectivity index (χ4n) is 2.63. The molecule has 1 fully saturated rings. The van der Waals surface area contributed by atoms with Gasteiger partial charge in [-0.05, 0) is 56.8 Å². The van der Waals surface area contributed by atoms with Gasteiger partial charge in [-0.3, -0.25) is 9.69 Å². The predicted octanol–water partition coefficient (Wildman–Crippen LogP) is 3.48. The number of carboxylic acids is 1. The normalized spacial score (nSPS) is 24.4. The molecule has 1 heterocycles. The average Bonchev–Trinajstić information content (AvgIpc) is 2.36. The highest BCUT2D eigenvalue weighted by Gasteiger charge is 2.41. The van der Waals surface area contributed by atoms with Crippen LogP contribution >= 0.6 is 11.6 Å². The Morgan fingerprint density at radius 1 is 1.47 bits per heavy atom. The molecule has 2 rings (SSSR count). The third-order valence-corrected chi connectivity index (χ3v) is 4.52. The lowest BCUT2D eigenvalue weighted by molar-refractivity contribution is -0.153. The molecule has 104 valence electrons. The number of carbonyl (C=O) groups is 1. The van der Waals surface area contributed by atoms with Crippen molar-refractivity contribution in [3.05, 3.63) is 34.3 Å². The molecule has 3 nitrogen and oxygen atoms in total. The van der Waals surface area contributed by atoms with Crippen LogP contribution < -0.4 is 0 Å². The Morgan fingerprint density at radius 3 is 2.84 bits per heavy atom. The molecule has 0 bridgehead atoms. The minimum Gasteiger partial charge on any atom is -0.480 e. The zero-order valence-corrected chi connectivity index (χ0v) is 12.2. The Labute approximate surface area is 119 Å². The Balaban J connectivity index is 2.20. The van der Waals surface area contributed by atoms with E-state index in [2.05, 4.69) is 4.90 Å². The lowest BCUT2D eigenvalue weighted by Gasteiger charge is -2.41. The number of likely N-dealkylation sites (tertiary alicyclic amines) is 1. The van der Waals surface area contributed by atoms with Crippen LogP contribution in [0.1, 0.15) is 37.3 Å². The molecule has 0 spiro atoms. The summed E-state index contributed by atoms with van der Waals surface area (Å²) in [5.41, 5.74) is 1.37. The third kappa shape index (κ3) is 2.93. The molecule has 1 atom stereocenters. The van der Waals surface area contributed by atoms with Crippen molar-refractivity contribution in [3.63, 3.8) is 0 Å². The van der Waals surface area contributed by atoms with Gasteiger partial charge in [-0.15, -0.1) is 0 Å². The Kier molecular flexibility index (Phi) is 4.16. The molecule has 19 heavy (non-hydrogen) atoms. The first-order valence-electron chi connectivity index (χ1n) is 6.67. The number of piperidine rings is 1. The van der Waals surface area contributed by atoms with Crippen molar-refractivity contribution in [1.29, 1.82) is 0 Å². The van der Waals surface area contributed by atoms with Crippen LogP contribution in [0.15, 0.2) is 18.2 Å². The molecule has 1 N–H and O–H groups in total. The van der Waals surface area contributed by atoms with Gasteiger partial charge < -0.3 is 5.11 Å². The van der Waals surface area contributed by atoms with Crippen molar-refractivity contribution in [2.75, 3.05) is 6.54 Å². The molecule has 1 saturated heterocycles. The Morgan fingerprint density at radius 2 is 2.21 bits per heavy atom. The van der Waals surface area contributed by atoms with E-state index in [1.807, 2.05) is 32.0 Å². The largest absolute Gasteiger partial charge is 0.480 e. The summed E-state index contributed by atoms with van der Waals surface area (Å²) >= 11 is 6.13. The second kappa shape index (κ2) is 5.51. The molecular formula is C15H20ClNO2. The second-order valence-corrected chi connectivity index (χ2v) is 5.95. The summed E-state index contributed by atoms with van der Waals surface area (Å²) in [7, 11) is 0. The van der Waals surface area contributed by atoms with E-state index in [4.69, 9.17) is 11.6 Å². The lowest BCUT2D eigenvalue weighted by atomic mass is 9.88. The van der Waals surface area contributed by atoms with Crippen molar-refractivity contribution in [1.82, 2.24) is 4.90 Å². The molecule has 1 aliphatic rings. The van der Waals surface area contributed by atoms with E-state index >= 15 is 0 Å². The first-order valence-corrected chi connectivity index (χ1v) is 7.05. The molecule has 1 aliphatic heterocycles. The summed E-state index contributed by atoms with van der Waals surface area (Å²) in [6, 6.07) is 5.95. The van der Waals surface area contributed by atoms with E-state index < -0.39 is 11.5 Å². The molecule has 0 saturated carbocycles. The molecule has 0 radical (unpaired) electrons. The highest BCUT2D eigenvalue weighted by Crippen LogP contribution is 2.30. The van der Waals surface area contributed by atoms with Gasteiger partial charge in [0.25, 0.3) is 0 Å². The first-order chi connectivity index (χ1) is 8.93. The molecule has 0 amide bonds. The number of hydrogen-bond acceptors (Lipinski definition) is 2. The number of aryl methyl sites for hydroxylation is 1. The summed E-state index contributed by atoms with van der Waals surface area (Å²) in [4.78, 5) is 13.6. The van der Waals surface area contributed by atoms with Crippen LogP contribution in [0, 0.1) is 6.92 Å². The Bertz CT molecular complexity index is 489. The molecule has 1 aromatic carbocycles. The van der Waals surface area contributed by atoms with Crippen molar-refractivity contribution in [2.45, 2.75) is 45.2 Å².